The van der Waals surface area contributed by atoms with Crippen LogP contribution in [-0.2, 0) is 9.53 Å². The number of amides is 1. The van der Waals surface area contributed by atoms with Gasteiger partial charge in [-0.25, -0.2) is 4.79 Å². The van der Waals surface area contributed by atoms with Crippen LogP contribution in [0.3, 0.4) is 0 Å². The van der Waals surface area contributed by atoms with Crippen LogP contribution in [0.15, 0.2) is 22.0 Å². The number of thiophene rings is 1. The molecule has 0 aliphatic carbocycles. The summed E-state index contributed by atoms with van der Waals surface area (Å²) < 4.78 is 9.47. The molecule has 2 heterocycles. The molecule has 0 aromatic carbocycles. The molecule has 2 aromatic heterocycles. The van der Waals surface area contributed by atoms with Gasteiger partial charge in [0, 0.05) is 6.07 Å². The molecule has 2 aromatic rings. The van der Waals surface area contributed by atoms with E-state index in [1.54, 1.807) is 18.4 Å². The van der Waals surface area contributed by atoms with Gasteiger partial charge in [-0.3, -0.25) is 4.79 Å². The minimum atomic E-state index is -0.771. The third kappa shape index (κ3) is 3.21. The molecule has 0 aliphatic heterocycles. The van der Waals surface area contributed by atoms with Crippen molar-refractivity contribution < 1.29 is 18.8 Å². The van der Waals surface area contributed by atoms with Crippen molar-refractivity contribution >= 4 is 28.2 Å². The number of hydrogen-bond donors (Lipinski definition) is 1. The van der Waals surface area contributed by atoms with E-state index in [-0.39, 0.29) is 5.76 Å². The number of carbonyl (C=O) groups is 2. The summed E-state index contributed by atoms with van der Waals surface area (Å²) in [5.41, 5.74) is 0.902. The number of esters is 1. The molecule has 0 bridgehead atoms. The summed E-state index contributed by atoms with van der Waals surface area (Å²) in [6.07, 6.45) is 0. The van der Waals surface area contributed by atoms with E-state index in [4.69, 9.17) is 14.5 Å². The average Bonchev–Trinajstić information content (AvgIpc) is 3.04. The van der Waals surface area contributed by atoms with E-state index in [1.165, 1.54) is 17.4 Å². The fourth-order valence-electron chi connectivity index (χ4n) is 1.32. The second-order valence-corrected chi connectivity index (χ2v) is 4.65. The van der Waals surface area contributed by atoms with Gasteiger partial charge in [0.2, 0.25) is 5.76 Å². The van der Waals surface area contributed by atoms with Gasteiger partial charge in [-0.2, -0.15) is 5.26 Å². The van der Waals surface area contributed by atoms with Crippen molar-refractivity contribution in [3.05, 3.63) is 34.5 Å². The number of rotatable bonds is 4. The number of nitrogens with zero attached hydrogens (tertiary/aromatic N) is 2. The molecule has 1 amide bonds. The highest BCUT2D eigenvalue weighted by molar-refractivity contribution is 7.14. The molecule has 0 aliphatic rings. The van der Waals surface area contributed by atoms with Crippen LogP contribution in [0.4, 0.5) is 5.00 Å². The zero-order valence-electron chi connectivity index (χ0n) is 10.4. The number of hydrogen-bond acceptors (Lipinski definition) is 7. The summed E-state index contributed by atoms with van der Waals surface area (Å²) in [7, 11) is 0. The predicted molar refractivity (Wildman–Crippen MR) is 69.2 cm³/mol. The van der Waals surface area contributed by atoms with Crippen LogP contribution in [0.2, 0.25) is 0 Å². The van der Waals surface area contributed by atoms with Gasteiger partial charge in [-0.05, 0) is 18.4 Å². The lowest BCUT2D eigenvalue weighted by Crippen LogP contribution is -2.20. The molecule has 0 atom stereocenters. The highest BCUT2D eigenvalue weighted by atomic mass is 32.1. The molecular weight excluding hydrogens is 282 g/mol. The summed E-state index contributed by atoms with van der Waals surface area (Å²) in [6, 6.07) is 4.94. The summed E-state index contributed by atoms with van der Waals surface area (Å²) in [5.74, 6) is -1.37. The van der Waals surface area contributed by atoms with Crippen LogP contribution >= 0.6 is 11.3 Å². The van der Waals surface area contributed by atoms with Gasteiger partial charge in [0.1, 0.15) is 11.1 Å². The Balaban J connectivity index is 1.87. The Labute approximate surface area is 117 Å². The quantitative estimate of drug-likeness (QED) is 0.860. The van der Waals surface area contributed by atoms with E-state index < -0.39 is 18.5 Å². The SMILES string of the molecule is Cc1cc(C(=O)OCC(=O)Nc2sccc2C#N)on1. The Morgan fingerprint density at radius 3 is 3.05 bits per heavy atom. The molecule has 2 rings (SSSR count). The van der Waals surface area contributed by atoms with E-state index >= 15 is 0 Å². The minimum absolute atomic E-state index is 0.0656. The van der Waals surface area contributed by atoms with E-state index in [0.29, 0.717) is 16.3 Å². The molecule has 102 valence electrons. The van der Waals surface area contributed by atoms with E-state index in [1.807, 2.05) is 6.07 Å². The van der Waals surface area contributed by atoms with Gasteiger partial charge in [-0.15, -0.1) is 11.3 Å². The van der Waals surface area contributed by atoms with Gasteiger partial charge in [0.25, 0.3) is 5.91 Å². The van der Waals surface area contributed by atoms with Crippen molar-refractivity contribution in [2.24, 2.45) is 0 Å². The van der Waals surface area contributed by atoms with Crippen LogP contribution in [0.1, 0.15) is 21.8 Å². The first kappa shape index (κ1) is 13.8. The van der Waals surface area contributed by atoms with E-state index in [0.717, 1.165) is 0 Å². The fourth-order valence-corrected chi connectivity index (χ4v) is 2.07. The van der Waals surface area contributed by atoms with E-state index in [2.05, 4.69) is 10.5 Å². The van der Waals surface area contributed by atoms with Gasteiger partial charge in [0.05, 0.1) is 11.3 Å². The lowest BCUT2D eigenvalue weighted by molar-refractivity contribution is -0.119. The molecule has 0 spiro atoms. The summed E-state index contributed by atoms with van der Waals surface area (Å²) >= 11 is 1.21. The second-order valence-electron chi connectivity index (χ2n) is 3.73. The molecule has 7 nitrogen and oxygen atoms in total. The standard InChI is InChI=1S/C12H9N3O4S/c1-7-4-9(19-15-7)12(17)18-6-10(16)14-11-8(5-13)2-3-20-11/h2-4H,6H2,1H3,(H,14,16). The maximum absolute atomic E-state index is 11.6. The second kappa shape index (κ2) is 5.99. The molecule has 0 radical (unpaired) electrons. The Hall–Kier alpha value is -2.66. The topological polar surface area (TPSA) is 105 Å². The Morgan fingerprint density at radius 1 is 1.60 bits per heavy atom. The maximum Gasteiger partial charge on any atom is 0.377 e. The highest BCUT2D eigenvalue weighted by Gasteiger charge is 2.15. The number of anilines is 1. The Bertz CT molecular complexity index is 683. The number of carbonyl (C=O) groups excluding carboxylic acids is 2. The first-order chi connectivity index (χ1) is 9.60. The molecule has 0 fully saturated rings. The zero-order chi connectivity index (χ0) is 14.5. The molecule has 0 saturated carbocycles. The number of aromatic nitrogens is 1. The lowest BCUT2D eigenvalue weighted by atomic mass is 10.3. The largest absolute Gasteiger partial charge is 0.450 e. The third-order valence-corrected chi connectivity index (χ3v) is 3.03. The fraction of sp³-hybridized carbons (Fsp3) is 0.167. The van der Waals surface area contributed by atoms with Gasteiger partial charge >= 0.3 is 5.97 Å². The van der Waals surface area contributed by atoms with Crippen molar-refractivity contribution in [2.45, 2.75) is 6.92 Å². The molecule has 8 heteroatoms. The molecular formula is C12H9N3O4S. The zero-order valence-corrected chi connectivity index (χ0v) is 11.2. The van der Waals surface area contributed by atoms with Crippen molar-refractivity contribution in [3.8, 4) is 6.07 Å². The van der Waals surface area contributed by atoms with Crippen LogP contribution in [0.5, 0.6) is 0 Å². The number of aryl methyl sites for hydroxylation is 1. The average molecular weight is 291 g/mol. The Kier molecular flexibility index (Phi) is 4.12. The minimum Gasteiger partial charge on any atom is -0.450 e. The Morgan fingerprint density at radius 2 is 2.40 bits per heavy atom. The third-order valence-electron chi connectivity index (χ3n) is 2.20. The van der Waals surface area contributed by atoms with Crippen LogP contribution in [-0.4, -0.2) is 23.6 Å². The molecule has 0 saturated heterocycles. The van der Waals surface area contributed by atoms with Crippen LogP contribution < -0.4 is 5.32 Å². The molecule has 0 unspecified atom stereocenters. The van der Waals surface area contributed by atoms with Crippen molar-refractivity contribution in [3.63, 3.8) is 0 Å². The van der Waals surface area contributed by atoms with Crippen molar-refractivity contribution in [2.75, 3.05) is 11.9 Å². The highest BCUT2D eigenvalue weighted by Crippen LogP contribution is 2.21. The van der Waals surface area contributed by atoms with Crippen molar-refractivity contribution in [1.29, 1.82) is 5.26 Å². The summed E-state index contributed by atoms with van der Waals surface area (Å²) in [4.78, 5) is 23.1. The maximum atomic E-state index is 11.6. The monoisotopic (exact) mass is 291 g/mol. The molecule has 20 heavy (non-hydrogen) atoms. The smallest absolute Gasteiger partial charge is 0.377 e. The number of nitrogens with one attached hydrogen (secondary N) is 1. The predicted octanol–water partition coefficient (Wildman–Crippen LogP) is 1.71. The van der Waals surface area contributed by atoms with Gasteiger partial charge in [0.15, 0.2) is 6.61 Å². The van der Waals surface area contributed by atoms with Gasteiger partial charge < -0.3 is 14.6 Å². The summed E-state index contributed by atoms with van der Waals surface area (Å²) in [5, 5.41) is 16.9. The van der Waals surface area contributed by atoms with Crippen LogP contribution in [0.25, 0.3) is 0 Å². The normalized spacial score (nSPS) is 9.80. The van der Waals surface area contributed by atoms with Gasteiger partial charge in [-0.1, -0.05) is 5.16 Å². The lowest BCUT2D eigenvalue weighted by Gasteiger charge is -2.03. The van der Waals surface area contributed by atoms with E-state index in [9.17, 15) is 9.59 Å². The van der Waals surface area contributed by atoms with Crippen LogP contribution in [0, 0.1) is 18.3 Å². The number of nitriles is 1. The summed E-state index contributed by atoms with van der Waals surface area (Å²) in [6.45, 7) is 1.19. The molecule has 1 N–H and O–H groups in total. The first-order valence-electron chi connectivity index (χ1n) is 5.48. The first-order valence-corrected chi connectivity index (χ1v) is 6.36. The number of ether oxygens (including phenoxy) is 1. The van der Waals surface area contributed by atoms with Crippen molar-refractivity contribution in [1.82, 2.24) is 5.16 Å².